The van der Waals surface area contributed by atoms with Crippen molar-refractivity contribution in [2.24, 2.45) is 0 Å². The Labute approximate surface area is 43.4 Å². The van der Waals surface area contributed by atoms with Gasteiger partial charge in [0.2, 0.25) is 0 Å². The zero-order valence-electron chi connectivity index (χ0n) is 4.39. The van der Waals surface area contributed by atoms with Gasteiger partial charge in [0.15, 0.2) is 0 Å². The van der Waals surface area contributed by atoms with Gasteiger partial charge in [-0.25, -0.2) is 0 Å². The van der Waals surface area contributed by atoms with Crippen LogP contribution in [-0.4, -0.2) is 12.1 Å². The molecule has 0 heterocycles. The van der Waals surface area contributed by atoms with Crippen LogP contribution in [0.25, 0.3) is 0 Å². The molecule has 0 aromatic carbocycles. The molecular weight excluding hydrogens is 86.1 g/mol. The minimum atomic E-state index is 1.63. The van der Waals surface area contributed by atoms with Crippen LogP contribution in [-0.2, 0) is 0 Å². The quantitative estimate of drug-likeness (QED) is 0.256. The van der Waals surface area contributed by atoms with Gasteiger partial charge in [0.1, 0.15) is 0 Å². The molecule has 0 aliphatic carbocycles. The average Bonchev–Trinajstić information content (AvgIpc) is 1.69. The molecule has 0 saturated heterocycles. The summed E-state index contributed by atoms with van der Waals surface area (Å²) in [6.07, 6.45) is 4.95. The van der Waals surface area contributed by atoms with Crippen molar-refractivity contribution >= 4 is 12.1 Å². The first-order valence-electron chi connectivity index (χ1n) is 2.09. The fraction of sp³-hybridized carbons (Fsp3) is 0.167. The van der Waals surface area contributed by atoms with E-state index in [1.807, 2.05) is 6.92 Å². The van der Waals surface area contributed by atoms with Gasteiger partial charge in [-0.2, -0.15) is 0 Å². The van der Waals surface area contributed by atoms with Crippen molar-refractivity contribution in [2.45, 2.75) is 6.92 Å². The van der Waals surface area contributed by atoms with Crippen LogP contribution in [0.5, 0.6) is 0 Å². The van der Waals surface area contributed by atoms with E-state index in [-0.39, 0.29) is 0 Å². The Kier molecular flexibility index (Phi) is 4.24. The summed E-state index contributed by atoms with van der Waals surface area (Å²) in [7, 11) is 0. The van der Waals surface area contributed by atoms with Gasteiger partial charge in [-0.3, -0.25) is 0 Å². The molecule has 0 unspecified atom stereocenters. The molecule has 7 heavy (non-hydrogen) atoms. The first-order chi connectivity index (χ1) is 3.41. The zero-order chi connectivity index (χ0) is 5.54. The second kappa shape index (κ2) is 4.97. The minimum Gasteiger partial charge on any atom is -0.0982 e. The summed E-state index contributed by atoms with van der Waals surface area (Å²) in [5.41, 5.74) is 0. The summed E-state index contributed by atoms with van der Waals surface area (Å²) in [5.74, 6) is 2.61. The molecule has 0 N–H and O–H groups in total. The van der Waals surface area contributed by atoms with Crippen LogP contribution in [0.3, 0.4) is 0 Å². The molecule has 1 nitrogen and oxygen atoms in total. The maximum absolute atomic E-state index is 3.66. The summed E-state index contributed by atoms with van der Waals surface area (Å²) in [4.78, 5) is 0. The van der Waals surface area contributed by atoms with Crippen molar-refractivity contribution in [2.75, 3.05) is 0 Å². The molecule has 0 spiro atoms. The van der Waals surface area contributed by atoms with Crippen LogP contribution in [0.4, 0.5) is 0 Å². The van der Waals surface area contributed by atoms with Crippen LogP contribution in [0.15, 0.2) is 18.7 Å². The molecule has 1 heteroatoms. The topological polar surface area (TPSA) is 14.1 Å². The zero-order valence-corrected chi connectivity index (χ0v) is 4.39. The molecule has 0 aliphatic rings. The molecule has 0 aliphatic heterocycles. The lowest BCUT2D eigenvalue weighted by molar-refractivity contribution is 1.71. The predicted molar refractivity (Wildman–Crippen MR) is 33.6 cm³/mol. The van der Waals surface area contributed by atoms with Gasteiger partial charge in [-0.05, 0) is 4.67 Å². The molecule has 0 fully saturated rings. The lowest BCUT2D eigenvalue weighted by Crippen LogP contribution is -1.64. The van der Waals surface area contributed by atoms with E-state index in [1.54, 1.807) is 18.4 Å². The standard InChI is InChI=1S/C6H8N/c1-3-5-6-7-4-2/h3-5H,1H2,2H3/q+1. The largest absolute Gasteiger partial charge is 0.311 e. The van der Waals surface area contributed by atoms with Gasteiger partial charge in [0, 0.05) is 6.92 Å². The molecular formula is C6H8N+. The van der Waals surface area contributed by atoms with Gasteiger partial charge in [0.05, 0.1) is 6.08 Å². The van der Waals surface area contributed by atoms with Crippen molar-refractivity contribution < 1.29 is 0 Å². The van der Waals surface area contributed by atoms with Crippen LogP contribution >= 0.6 is 0 Å². The number of rotatable bonds is 1. The summed E-state index contributed by atoms with van der Waals surface area (Å²) in [6.45, 7) is 5.28. The third-order valence-corrected chi connectivity index (χ3v) is 0.396. The predicted octanol–water partition coefficient (Wildman–Crippen LogP) is 0.556. The van der Waals surface area contributed by atoms with E-state index in [2.05, 4.69) is 17.1 Å². The highest BCUT2D eigenvalue weighted by Crippen LogP contribution is 1.51. The summed E-state index contributed by atoms with van der Waals surface area (Å²) < 4.78 is 3.66. The lowest BCUT2D eigenvalue weighted by atomic mass is 10.6. The number of nitrogens with zero attached hydrogens (tertiary/aromatic N) is 1. The minimum absolute atomic E-state index is 1.63. The molecule has 0 aromatic rings. The first-order valence-corrected chi connectivity index (χ1v) is 2.09. The first kappa shape index (κ1) is 5.97. The normalized spacial score (nSPS) is 5.29. The third kappa shape index (κ3) is 4.97. The smallest absolute Gasteiger partial charge is 0.0982 e. The Bertz CT molecular complexity index is 132. The molecule has 0 atom stereocenters. The SMILES string of the molecule is C=CC=C=[N+]=CC. The maximum Gasteiger partial charge on any atom is 0.311 e. The Morgan fingerprint density at radius 2 is 2.43 bits per heavy atom. The highest BCUT2D eigenvalue weighted by Gasteiger charge is 1.58. The molecule has 0 rings (SSSR count). The van der Waals surface area contributed by atoms with Gasteiger partial charge >= 0.3 is 5.87 Å². The molecule has 36 valence electrons. The Morgan fingerprint density at radius 1 is 1.71 bits per heavy atom. The van der Waals surface area contributed by atoms with Gasteiger partial charge in [0.25, 0.3) is 6.21 Å². The molecule has 0 bridgehead atoms. The van der Waals surface area contributed by atoms with E-state index in [9.17, 15) is 0 Å². The second-order valence-electron chi connectivity index (χ2n) is 0.919. The van der Waals surface area contributed by atoms with Crippen molar-refractivity contribution in [3.63, 3.8) is 0 Å². The van der Waals surface area contributed by atoms with Crippen LogP contribution in [0, 0.1) is 0 Å². The van der Waals surface area contributed by atoms with E-state index in [0.717, 1.165) is 0 Å². The number of hydrogen-bond acceptors (Lipinski definition) is 0. The molecule has 0 radical (unpaired) electrons. The van der Waals surface area contributed by atoms with E-state index in [1.165, 1.54) is 0 Å². The molecule has 0 saturated carbocycles. The Morgan fingerprint density at radius 3 is 2.86 bits per heavy atom. The van der Waals surface area contributed by atoms with E-state index >= 15 is 0 Å². The van der Waals surface area contributed by atoms with E-state index in [4.69, 9.17) is 0 Å². The van der Waals surface area contributed by atoms with Crippen LogP contribution < -0.4 is 4.67 Å². The fourth-order valence-corrected chi connectivity index (χ4v) is 0.170. The second-order valence-corrected chi connectivity index (χ2v) is 0.919. The van der Waals surface area contributed by atoms with Crippen LogP contribution in [0.2, 0.25) is 0 Å². The summed E-state index contributed by atoms with van der Waals surface area (Å²) >= 11 is 0. The Hall–Kier alpha value is -1.03. The highest BCUT2D eigenvalue weighted by atomic mass is 14.5. The fourth-order valence-electron chi connectivity index (χ4n) is 0.170. The maximum atomic E-state index is 3.66. The van der Waals surface area contributed by atoms with Crippen molar-refractivity contribution in [3.05, 3.63) is 18.7 Å². The highest BCUT2D eigenvalue weighted by molar-refractivity contribution is 5.62. The Balaban J connectivity index is 3.88. The third-order valence-electron chi connectivity index (χ3n) is 0.396. The van der Waals surface area contributed by atoms with Gasteiger partial charge in [-0.15, -0.1) is 0 Å². The van der Waals surface area contributed by atoms with E-state index in [0.29, 0.717) is 0 Å². The molecule has 0 aromatic heterocycles. The average molecular weight is 94.1 g/mol. The summed E-state index contributed by atoms with van der Waals surface area (Å²) in [5, 5.41) is 0. The molecule has 0 amide bonds. The number of allylic oxidation sites excluding steroid dienone is 2. The van der Waals surface area contributed by atoms with E-state index < -0.39 is 0 Å². The number of hydrogen-bond donors (Lipinski definition) is 0. The van der Waals surface area contributed by atoms with Crippen molar-refractivity contribution in [3.8, 4) is 0 Å². The van der Waals surface area contributed by atoms with Gasteiger partial charge in [-0.1, -0.05) is 12.7 Å². The summed E-state index contributed by atoms with van der Waals surface area (Å²) in [6, 6.07) is 0. The van der Waals surface area contributed by atoms with Crippen molar-refractivity contribution in [1.82, 2.24) is 4.67 Å². The lowest BCUT2D eigenvalue weighted by Gasteiger charge is -1.41. The van der Waals surface area contributed by atoms with Crippen molar-refractivity contribution in [1.29, 1.82) is 0 Å². The monoisotopic (exact) mass is 94.1 g/mol. The van der Waals surface area contributed by atoms with Crippen LogP contribution in [0.1, 0.15) is 6.92 Å². The van der Waals surface area contributed by atoms with Gasteiger partial charge < -0.3 is 0 Å².